The van der Waals surface area contributed by atoms with E-state index in [2.05, 4.69) is 31.9 Å². The van der Waals surface area contributed by atoms with Crippen molar-refractivity contribution in [2.45, 2.75) is 0 Å². The molecular weight excluding hydrogens is 452 g/mol. The van der Waals surface area contributed by atoms with Crippen LogP contribution >= 0.6 is 31.9 Å². The van der Waals surface area contributed by atoms with Gasteiger partial charge in [-0.3, -0.25) is 14.4 Å². The van der Waals surface area contributed by atoms with E-state index < -0.39 is 0 Å². The van der Waals surface area contributed by atoms with Gasteiger partial charge in [-0.2, -0.15) is 0 Å². The Balaban J connectivity index is 2.08. The summed E-state index contributed by atoms with van der Waals surface area (Å²) in [4.78, 5) is 37.0. The van der Waals surface area contributed by atoms with E-state index in [1.165, 1.54) is 6.07 Å². The van der Waals surface area contributed by atoms with Crippen molar-refractivity contribution < 1.29 is 18.8 Å². The van der Waals surface area contributed by atoms with Crippen LogP contribution in [0, 0.1) is 0 Å². The second kappa shape index (κ2) is 5.89. The number of fused-ring (bicyclic) bond motifs is 2. The van der Waals surface area contributed by atoms with Crippen LogP contribution < -0.4 is 0 Å². The molecule has 0 aliphatic heterocycles. The molecule has 122 valence electrons. The van der Waals surface area contributed by atoms with Crippen molar-refractivity contribution in [1.82, 2.24) is 0 Å². The summed E-state index contributed by atoms with van der Waals surface area (Å²) in [5, 5.41) is 0. The van der Waals surface area contributed by atoms with Crippen molar-refractivity contribution in [2.24, 2.45) is 0 Å². The minimum atomic E-state index is -0.258. The Labute approximate surface area is 159 Å². The summed E-state index contributed by atoms with van der Waals surface area (Å²) in [6.45, 7) is 0. The van der Waals surface area contributed by atoms with Crippen molar-refractivity contribution in [3.63, 3.8) is 0 Å². The molecule has 4 nitrogen and oxygen atoms in total. The average molecular weight is 460 g/mol. The zero-order valence-corrected chi connectivity index (χ0v) is 15.7. The third-order valence-electron chi connectivity index (χ3n) is 4.09. The summed E-state index contributed by atoms with van der Waals surface area (Å²) in [6, 6.07) is 11.6. The first-order valence-electron chi connectivity index (χ1n) is 7.28. The van der Waals surface area contributed by atoms with E-state index >= 15 is 0 Å². The van der Waals surface area contributed by atoms with Gasteiger partial charge in [-0.05, 0) is 50.1 Å². The molecule has 0 N–H and O–H groups in total. The van der Waals surface area contributed by atoms with E-state index in [1.807, 2.05) is 0 Å². The van der Waals surface area contributed by atoms with E-state index in [4.69, 9.17) is 4.42 Å². The molecule has 3 aromatic rings. The average Bonchev–Trinajstić information content (AvgIpc) is 3.08. The second-order valence-corrected chi connectivity index (χ2v) is 7.20. The van der Waals surface area contributed by atoms with Crippen LogP contribution in [-0.2, 0) is 0 Å². The van der Waals surface area contributed by atoms with Crippen LogP contribution in [0.5, 0.6) is 0 Å². The van der Waals surface area contributed by atoms with Gasteiger partial charge in [-0.25, -0.2) is 0 Å². The molecule has 0 radical (unpaired) electrons. The van der Waals surface area contributed by atoms with Gasteiger partial charge in [0.25, 0.3) is 0 Å². The van der Waals surface area contributed by atoms with Crippen LogP contribution in [0.15, 0.2) is 55.8 Å². The predicted octanol–water partition coefficient (Wildman–Crippen LogP) is 5.06. The first-order valence-corrected chi connectivity index (χ1v) is 8.87. The van der Waals surface area contributed by atoms with E-state index in [1.54, 1.807) is 36.4 Å². The summed E-state index contributed by atoms with van der Waals surface area (Å²) >= 11 is 6.83. The molecule has 2 aromatic carbocycles. The molecule has 0 saturated carbocycles. The number of carbonyl (C=O) groups is 3. The Morgan fingerprint density at radius 1 is 0.800 bits per heavy atom. The number of hydrogen-bond donors (Lipinski definition) is 0. The zero-order chi connectivity index (χ0) is 17.7. The fourth-order valence-corrected chi connectivity index (χ4v) is 4.55. The highest BCUT2D eigenvalue weighted by Gasteiger charge is 2.35. The maximum absolute atomic E-state index is 13.1. The van der Waals surface area contributed by atoms with Crippen LogP contribution in [-0.4, -0.2) is 17.9 Å². The summed E-state index contributed by atoms with van der Waals surface area (Å²) in [7, 11) is 0. The monoisotopic (exact) mass is 458 g/mol. The number of furan rings is 1. The van der Waals surface area contributed by atoms with E-state index in [9.17, 15) is 14.4 Å². The lowest BCUT2D eigenvalue weighted by Gasteiger charge is -2.21. The maximum Gasteiger partial charge on any atom is 0.195 e. The molecule has 0 amide bonds. The predicted molar refractivity (Wildman–Crippen MR) is 98.2 cm³/mol. The Morgan fingerprint density at radius 3 is 2.00 bits per heavy atom. The molecule has 0 bridgehead atoms. The second-order valence-electron chi connectivity index (χ2n) is 5.49. The topological polar surface area (TPSA) is 64.3 Å². The third-order valence-corrected chi connectivity index (χ3v) is 5.34. The number of benzene rings is 2. The number of aldehydes is 1. The lowest BCUT2D eigenvalue weighted by molar-refractivity contribution is 0.0979. The molecule has 1 heterocycles. The highest BCUT2D eigenvalue weighted by Crippen LogP contribution is 2.42. The lowest BCUT2D eigenvalue weighted by Crippen LogP contribution is -2.22. The van der Waals surface area contributed by atoms with Gasteiger partial charge in [0.1, 0.15) is 5.76 Å². The quantitative estimate of drug-likeness (QED) is 0.393. The molecule has 0 spiro atoms. The third kappa shape index (κ3) is 2.36. The van der Waals surface area contributed by atoms with Crippen molar-refractivity contribution in [3.05, 3.63) is 79.4 Å². The first-order chi connectivity index (χ1) is 12.0. The smallest absolute Gasteiger partial charge is 0.195 e. The number of rotatable bonds is 2. The normalized spacial score (nSPS) is 12.7. The van der Waals surface area contributed by atoms with Gasteiger partial charge in [0.15, 0.2) is 23.6 Å². The van der Waals surface area contributed by atoms with Gasteiger partial charge in [0, 0.05) is 36.8 Å². The largest absolute Gasteiger partial charge is 0.453 e. The minimum absolute atomic E-state index is 0.147. The van der Waals surface area contributed by atoms with Gasteiger partial charge in [0.2, 0.25) is 0 Å². The fraction of sp³-hybridized carbons (Fsp3) is 0. The number of ketones is 2. The van der Waals surface area contributed by atoms with Crippen molar-refractivity contribution in [1.29, 1.82) is 0 Å². The summed E-state index contributed by atoms with van der Waals surface area (Å²) in [5.74, 6) is 0.00561. The minimum Gasteiger partial charge on any atom is -0.453 e. The molecule has 1 aliphatic rings. The summed E-state index contributed by atoms with van der Waals surface area (Å²) < 4.78 is 6.61. The molecule has 0 saturated heterocycles. The number of halogens is 2. The number of carbonyl (C=O) groups excluding carboxylic acids is 3. The molecular formula is C19H8Br2O4. The molecule has 1 aliphatic carbocycles. The van der Waals surface area contributed by atoms with E-state index in [0.717, 1.165) is 0 Å². The highest BCUT2D eigenvalue weighted by atomic mass is 79.9. The van der Waals surface area contributed by atoms with Crippen LogP contribution in [0.1, 0.15) is 42.4 Å². The highest BCUT2D eigenvalue weighted by molar-refractivity contribution is 9.11. The Bertz CT molecular complexity index is 1080. The van der Waals surface area contributed by atoms with Gasteiger partial charge in [-0.1, -0.05) is 24.3 Å². The first kappa shape index (κ1) is 16.2. The van der Waals surface area contributed by atoms with Gasteiger partial charge < -0.3 is 4.42 Å². The van der Waals surface area contributed by atoms with Gasteiger partial charge in [0.05, 0.1) is 0 Å². The molecule has 4 rings (SSSR count). The van der Waals surface area contributed by atoms with Crippen molar-refractivity contribution >= 4 is 49.7 Å². The SMILES string of the molecule is O=Cc1ccc(-c2c(Br)cc(Br)c3c2C(=O)c2ccccc2C3=O)o1. The van der Waals surface area contributed by atoms with Crippen molar-refractivity contribution in [2.75, 3.05) is 0 Å². The molecule has 0 fully saturated rings. The number of hydrogen-bond acceptors (Lipinski definition) is 4. The van der Waals surface area contributed by atoms with Gasteiger partial charge in [-0.15, -0.1) is 0 Å². The summed E-state index contributed by atoms with van der Waals surface area (Å²) in [5.41, 5.74) is 1.75. The Morgan fingerprint density at radius 2 is 1.40 bits per heavy atom. The van der Waals surface area contributed by atoms with Crippen molar-refractivity contribution in [3.8, 4) is 11.3 Å². The van der Waals surface area contributed by atoms with Crippen LogP contribution in [0.3, 0.4) is 0 Å². The molecule has 0 atom stereocenters. The van der Waals surface area contributed by atoms with Crippen LogP contribution in [0.2, 0.25) is 0 Å². The standard InChI is InChI=1S/C19H8Br2O4/c20-12-7-13(21)16-17(15(12)14-6-5-9(8-22)25-14)19(24)11-4-2-1-3-10(11)18(16)23/h1-8H. The van der Waals surface area contributed by atoms with Crippen LogP contribution in [0.4, 0.5) is 0 Å². The zero-order valence-electron chi connectivity index (χ0n) is 12.5. The fourth-order valence-electron chi connectivity index (χ4n) is 3.01. The Hall–Kier alpha value is -2.31. The molecule has 0 unspecified atom stereocenters. The summed E-state index contributed by atoms with van der Waals surface area (Å²) in [6.07, 6.45) is 0.588. The van der Waals surface area contributed by atoms with Gasteiger partial charge >= 0.3 is 0 Å². The van der Waals surface area contributed by atoms with E-state index in [0.29, 0.717) is 43.2 Å². The molecule has 25 heavy (non-hydrogen) atoms. The van der Waals surface area contributed by atoms with E-state index in [-0.39, 0.29) is 22.9 Å². The van der Waals surface area contributed by atoms with Crippen LogP contribution in [0.25, 0.3) is 11.3 Å². The molecule has 6 heteroatoms. The lowest BCUT2D eigenvalue weighted by atomic mass is 9.81. The Kier molecular flexibility index (Phi) is 3.81. The maximum atomic E-state index is 13.1. The molecule has 1 aromatic heterocycles.